The molecule has 5 heteroatoms. The van der Waals surface area contributed by atoms with Crippen molar-refractivity contribution in [3.05, 3.63) is 52.9 Å². The van der Waals surface area contributed by atoms with Crippen LogP contribution in [0, 0.1) is 11.8 Å². The quantitative estimate of drug-likeness (QED) is 0.750. The van der Waals surface area contributed by atoms with Gasteiger partial charge in [0.25, 0.3) is 0 Å². The number of ether oxygens (including phenoxy) is 2. The van der Waals surface area contributed by atoms with Gasteiger partial charge in [-0.2, -0.15) is 4.39 Å². The van der Waals surface area contributed by atoms with Crippen LogP contribution in [0.2, 0.25) is 0 Å². The zero-order valence-electron chi connectivity index (χ0n) is 13.6. The fraction of sp³-hybridized carbons (Fsp3) is 0.278. The summed E-state index contributed by atoms with van der Waals surface area (Å²) in [6.45, 7) is 3.87. The van der Waals surface area contributed by atoms with E-state index in [1.807, 2.05) is 13.8 Å². The first-order chi connectivity index (χ1) is 11.0. The highest BCUT2D eigenvalue weighted by atomic mass is 19.1. The molecule has 2 rings (SSSR count). The third-order valence-electron chi connectivity index (χ3n) is 3.42. The molecule has 2 aromatic rings. The molecular formula is C18H19F2NO2. The summed E-state index contributed by atoms with van der Waals surface area (Å²) >= 11 is 0. The van der Waals surface area contributed by atoms with Crippen LogP contribution in [0.25, 0.3) is 12.2 Å². The minimum absolute atomic E-state index is 0.0392. The van der Waals surface area contributed by atoms with Gasteiger partial charge < -0.3 is 9.47 Å². The Hall–Kier alpha value is -2.43. The van der Waals surface area contributed by atoms with E-state index in [0.29, 0.717) is 17.0 Å². The van der Waals surface area contributed by atoms with Gasteiger partial charge in [0.05, 0.1) is 19.9 Å². The highest BCUT2D eigenvalue weighted by molar-refractivity contribution is 5.71. The van der Waals surface area contributed by atoms with E-state index in [2.05, 4.69) is 4.98 Å². The van der Waals surface area contributed by atoms with Crippen molar-refractivity contribution in [2.45, 2.75) is 19.8 Å². The Labute approximate surface area is 134 Å². The van der Waals surface area contributed by atoms with Crippen molar-refractivity contribution in [3.63, 3.8) is 0 Å². The number of nitrogens with zero attached hydrogens (tertiary/aromatic N) is 1. The number of aromatic nitrogens is 1. The van der Waals surface area contributed by atoms with Crippen LogP contribution in [0.4, 0.5) is 8.78 Å². The Kier molecular flexibility index (Phi) is 5.32. The minimum atomic E-state index is -0.585. The lowest BCUT2D eigenvalue weighted by molar-refractivity contribution is 0.362. The SMILES string of the molecule is COc1cc(/C=C/c2cccc(F)n2)c(F)c(OC)c1C(C)C. The summed E-state index contributed by atoms with van der Waals surface area (Å²) in [5.74, 6) is -0.323. The number of methoxy groups -OCH3 is 2. The molecule has 0 aliphatic heterocycles. The standard InChI is InChI=1S/C18H19F2NO2/c1-11(2)16-14(22-3)10-12(17(20)18(16)23-4)8-9-13-6-5-7-15(19)21-13/h5-11H,1-4H3/b9-8+. The topological polar surface area (TPSA) is 31.4 Å². The van der Waals surface area contributed by atoms with Crippen molar-refractivity contribution in [1.82, 2.24) is 4.98 Å². The molecule has 1 aromatic heterocycles. The molecule has 23 heavy (non-hydrogen) atoms. The molecule has 0 atom stereocenters. The fourth-order valence-electron chi connectivity index (χ4n) is 2.37. The van der Waals surface area contributed by atoms with Gasteiger partial charge in [0.2, 0.25) is 5.95 Å². The summed E-state index contributed by atoms with van der Waals surface area (Å²) in [5.41, 5.74) is 1.36. The number of halogens is 2. The van der Waals surface area contributed by atoms with Gasteiger partial charge in [-0.25, -0.2) is 9.37 Å². The van der Waals surface area contributed by atoms with Gasteiger partial charge in [-0.15, -0.1) is 0 Å². The average Bonchev–Trinajstić information content (AvgIpc) is 2.53. The van der Waals surface area contributed by atoms with Crippen molar-refractivity contribution in [2.24, 2.45) is 0 Å². The zero-order chi connectivity index (χ0) is 17.0. The Bertz CT molecular complexity index is 727. The molecule has 0 saturated heterocycles. The lowest BCUT2D eigenvalue weighted by atomic mass is 9.97. The lowest BCUT2D eigenvalue weighted by Gasteiger charge is -2.18. The van der Waals surface area contributed by atoms with E-state index in [4.69, 9.17) is 9.47 Å². The maximum Gasteiger partial charge on any atom is 0.213 e. The van der Waals surface area contributed by atoms with Crippen LogP contribution in [0.3, 0.4) is 0 Å². The van der Waals surface area contributed by atoms with E-state index in [-0.39, 0.29) is 17.2 Å². The number of hydrogen-bond donors (Lipinski definition) is 0. The molecule has 0 fully saturated rings. The molecule has 0 radical (unpaired) electrons. The first-order valence-electron chi connectivity index (χ1n) is 7.23. The monoisotopic (exact) mass is 319 g/mol. The number of benzene rings is 1. The van der Waals surface area contributed by atoms with Crippen LogP contribution in [-0.4, -0.2) is 19.2 Å². The molecule has 0 N–H and O–H groups in total. The molecule has 3 nitrogen and oxygen atoms in total. The molecule has 1 heterocycles. The predicted octanol–water partition coefficient (Wildman–Crippen LogP) is 4.67. The molecule has 0 aliphatic carbocycles. The minimum Gasteiger partial charge on any atom is -0.496 e. The smallest absolute Gasteiger partial charge is 0.213 e. The molecule has 0 amide bonds. The second-order valence-corrected chi connectivity index (χ2v) is 5.30. The Morgan fingerprint density at radius 1 is 1.09 bits per heavy atom. The Morgan fingerprint density at radius 2 is 1.83 bits per heavy atom. The van der Waals surface area contributed by atoms with Crippen LogP contribution in [0.15, 0.2) is 24.3 Å². The lowest BCUT2D eigenvalue weighted by Crippen LogP contribution is -2.03. The van der Waals surface area contributed by atoms with E-state index in [0.717, 1.165) is 0 Å². The van der Waals surface area contributed by atoms with Crippen LogP contribution in [0.1, 0.15) is 36.6 Å². The van der Waals surface area contributed by atoms with Gasteiger partial charge >= 0.3 is 0 Å². The van der Waals surface area contributed by atoms with E-state index >= 15 is 0 Å². The van der Waals surface area contributed by atoms with Crippen LogP contribution in [-0.2, 0) is 0 Å². The molecule has 0 saturated carbocycles. The van der Waals surface area contributed by atoms with Crippen LogP contribution >= 0.6 is 0 Å². The molecule has 0 spiro atoms. The third kappa shape index (κ3) is 3.67. The van der Waals surface area contributed by atoms with E-state index in [1.54, 1.807) is 18.2 Å². The zero-order valence-corrected chi connectivity index (χ0v) is 13.6. The van der Waals surface area contributed by atoms with Crippen molar-refractivity contribution in [1.29, 1.82) is 0 Å². The van der Waals surface area contributed by atoms with Gasteiger partial charge in [0.15, 0.2) is 11.6 Å². The summed E-state index contributed by atoms with van der Waals surface area (Å²) in [6.07, 6.45) is 3.06. The van der Waals surface area contributed by atoms with Crippen molar-refractivity contribution in [2.75, 3.05) is 14.2 Å². The molecule has 0 unspecified atom stereocenters. The summed E-state index contributed by atoms with van der Waals surface area (Å²) in [5, 5.41) is 0. The van der Waals surface area contributed by atoms with Gasteiger partial charge in [-0.05, 0) is 36.3 Å². The second-order valence-electron chi connectivity index (χ2n) is 5.30. The largest absolute Gasteiger partial charge is 0.496 e. The predicted molar refractivity (Wildman–Crippen MR) is 86.7 cm³/mol. The molecule has 0 aliphatic rings. The number of hydrogen-bond acceptors (Lipinski definition) is 3. The third-order valence-corrected chi connectivity index (χ3v) is 3.42. The second kappa shape index (κ2) is 7.22. The van der Waals surface area contributed by atoms with E-state index < -0.39 is 11.8 Å². The molecule has 122 valence electrons. The summed E-state index contributed by atoms with van der Waals surface area (Å²) in [7, 11) is 2.95. The summed E-state index contributed by atoms with van der Waals surface area (Å²) in [6, 6.07) is 6.03. The molecule has 0 bridgehead atoms. The Morgan fingerprint density at radius 3 is 2.39 bits per heavy atom. The first kappa shape index (κ1) is 16.9. The summed E-state index contributed by atoms with van der Waals surface area (Å²) < 4.78 is 38.3. The van der Waals surface area contributed by atoms with Crippen molar-refractivity contribution in [3.8, 4) is 11.5 Å². The fourth-order valence-corrected chi connectivity index (χ4v) is 2.37. The maximum atomic E-state index is 14.7. The number of pyridine rings is 1. The van der Waals surface area contributed by atoms with Crippen molar-refractivity contribution >= 4 is 12.2 Å². The van der Waals surface area contributed by atoms with E-state index in [1.165, 1.54) is 32.4 Å². The van der Waals surface area contributed by atoms with E-state index in [9.17, 15) is 8.78 Å². The van der Waals surface area contributed by atoms with Gasteiger partial charge in [-0.3, -0.25) is 0 Å². The van der Waals surface area contributed by atoms with Crippen molar-refractivity contribution < 1.29 is 18.3 Å². The number of rotatable bonds is 5. The highest BCUT2D eigenvalue weighted by Gasteiger charge is 2.21. The highest BCUT2D eigenvalue weighted by Crippen LogP contribution is 2.39. The normalized spacial score (nSPS) is 11.3. The van der Waals surface area contributed by atoms with Gasteiger partial charge in [0.1, 0.15) is 5.75 Å². The Balaban J connectivity index is 2.51. The van der Waals surface area contributed by atoms with Gasteiger partial charge in [-0.1, -0.05) is 19.9 Å². The van der Waals surface area contributed by atoms with Crippen LogP contribution < -0.4 is 9.47 Å². The van der Waals surface area contributed by atoms with Crippen LogP contribution in [0.5, 0.6) is 11.5 Å². The first-order valence-corrected chi connectivity index (χ1v) is 7.23. The van der Waals surface area contributed by atoms with Gasteiger partial charge in [0, 0.05) is 11.1 Å². The average molecular weight is 319 g/mol. The molecule has 1 aromatic carbocycles. The maximum absolute atomic E-state index is 14.7. The summed E-state index contributed by atoms with van der Waals surface area (Å²) in [4.78, 5) is 3.71. The molecular weight excluding hydrogens is 300 g/mol.